The second kappa shape index (κ2) is 6.20. The Morgan fingerprint density at radius 2 is 2.25 bits per heavy atom. The maximum Gasteiger partial charge on any atom is 0.228 e. The normalized spacial score (nSPS) is 12.4. The lowest BCUT2D eigenvalue weighted by molar-refractivity contribution is -0.119. The summed E-state index contributed by atoms with van der Waals surface area (Å²) >= 11 is 6.28. The summed E-state index contributed by atoms with van der Waals surface area (Å²) in [4.78, 5) is 16.5. The quantitative estimate of drug-likeness (QED) is 0.910. The lowest BCUT2D eigenvalue weighted by Gasteiger charge is -2.15. The zero-order valence-corrected chi connectivity index (χ0v) is 12.6. The van der Waals surface area contributed by atoms with E-state index in [-0.39, 0.29) is 11.8 Å². The van der Waals surface area contributed by atoms with Crippen LogP contribution in [0.3, 0.4) is 0 Å². The summed E-state index contributed by atoms with van der Waals surface area (Å²) in [6.07, 6.45) is 1.73. The van der Waals surface area contributed by atoms with Crippen LogP contribution in [0.2, 0.25) is 5.02 Å². The third-order valence-corrected chi connectivity index (χ3v) is 3.54. The van der Waals surface area contributed by atoms with E-state index in [2.05, 4.69) is 15.6 Å². The summed E-state index contributed by atoms with van der Waals surface area (Å²) in [6, 6.07) is 5.58. The van der Waals surface area contributed by atoms with Crippen molar-refractivity contribution in [3.63, 3.8) is 0 Å². The van der Waals surface area contributed by atoms with Crippen LogP contribution in [0.1, 0.15) is 12.5 Å². The molecule has 0 saturated carbocycles. The van der Waals surface area contributed by atoms with Gasteiger partial charge in [-0.25, -0.2) is 0 Å². The lowest BCUT2D eigenvalue weighted by Crippen LogP contribution is -2.28. The van der Waals surface area contributed by atoms with Crippen molar-refractivity contribution in [2.24, 2.45) is 5.92 Å². The van der Waals surface area contributed by atoms with Crippen molar-refractivity contribution in [1.29, 1.82) is 0 Å². The van der Waals surface area contributed by atoms with Gasteiger partial charge >= 0.3 is 0 Å². The fourth-order valence-electron chi connectivity index (χ4n) is 2.15. The van der Waals surface area contributed by atoms with Gasteiger partial charge in [0.1, 0.15) is 0 Å². The molecule has 4 nitrogen and oxygen atoms in total. The smallest absolute Gasteiger partial charge is 0.228 e. The predicted octanol–water partition coefficient (Wildman–Crippen LogP) is 2.99. The van der Waals surface area contributed by atoms with E-state index in [9.17, 15) is 4.79 Å². The summed E-state index contributed by atoms with van der Waals surface area (Å²) < 4.78 is 0. The molecule has 106 valence electrons. The van der Waals surface area contributed by atoms with Crippen molar-refractivity contribution in [3.8, 4) is 0 Å². The van der Waals surface area contributed by atoms with Crippen molar-refractivity contribution in [2.45, 2.75) is 13.8 Å². The van der Waals surface area contributed by atoms with Crippen LogP contribution in [0.25, 0.3) is 10.9 Å². The number of pyridine rings is 1. The summed E-state index contributed by atoms with van der Waals surface area (Å²) in [5.74, 6) is -0.195. The number of carbonyl (C=O) groups is 1. The Kier molecular flexibility index (Phi) is 4.57. The van der Waals surface area contributed by atoms with Crippen molar-refractivity contribution in [1.82, 2.24) is 10.3 Å². The molecule has 20 heavy (non-hydrogen) atoms. The highest BCUT2D eigenvalue weighted by Crippen LogP contribution is 2.32. The van der Waals surface area contributed by atoms with Gasteiger partial charge in [-0.3, -0.25) is 9.78 Å². The predicted molar refractivity (Wildman–Crippen MR) is 83.2 cm³/mol. The van der Waals surface area contributed by atoms with Gasteiger partial charge in [0, 0.05) is 24.0 Å². The highest BCUT2D eigenvalue weighted by Gasteiger charge is 2.16. The van der Waals surface area contributed by atoms with Crippen LogP contribution in [-0.2, 0) is 4.79 Å². The van der Waals surface area contributed by atoms with E-state index in [0.717, 1.165) is 16.5 Å². The van der Waals surface area contributed by atoms with Gasteiger partial charge in [0.15, 0.2) is 0 Å². The molecule has 0 saturated heterocycles. The molecular weight excluding hydrogens is 274 g/mol. The number of benzene rings is 1. The molecule has 1 aromatic carbocycles. The van der Waals surface area contributed by atoms with Crippen molar-refractivity contribution < 1.29 is 4.79 Å². The molecule has 1 amide bonds. The first-order chi connectivity index (χ1) is 9.54. The first-order valence-corrected chi connectivity index (χ1v) is 6.91. The summed E-state index contributed by atoms with van der Waals surface area (Å²) in [5.41, 5.74) is 2.48. The van der Waals surface area contributed by atoms with Gasteiger partial charge in [0.05, 0.1) is 16.2 Å². The van der Waals surface area contributed by atoms with Gasteiger partial charge in [-0.15, -0.1) is 0 Å². The molecule has 1 aromatic heterocycles. The molecule has 0 bridgehead atoms. The van der Waals surface area contributed by atoms with E-state index in [4.69, 9.17) is 11.6 Å². The van der Waals surface area contributed by atoms with Gasteiger partial charge in [-0.2, -0.15) is 0 Å². The highest BCUT2D eigenvalue weighted by atomic mass is 35.5. The molecule has 0 aliphatic carbocycles. The van der Waals surface area contributed by atoms with Gasteiger partial charge in [-0.1, -0.05) is 18.5 Å². The molecule has 0 aliphatic rings. The van der Waals surface area contributed by atoms with Crippen LogP contribution in [0.5, 0.6) is 0 Å². The first-order valence-electron chi connectivity index (χ1n) is 6.54. The standard InChI is InChI=1S/C15H18ClN3O/c1-9-7-12(16)14(11-5-4-6-18-13(9)11)19-15(20)10(2)8-17-3/h4-7,10,17H,8H2,1-3H3,(H,19,20). The van der Waals surface area contributed by atoms with Crippen LogP contribution in [0, 0.1) is 12.8 Å². The van der Waals surface area contributed by atoms with Crippen molar-refractivity contribution in [2.75, 3.05) is 18.9 Å². The van der Waals surface area contributed by atoms with Crippen LogP contribution in [0.4, 0.5) is 5.69 Å². The monoisotopic (exact) mass is 291 g/mol. The maximum absolute atomic E-state index is 12.2. The molecule has 5 heteroatoms. The number of fused-ring (bicyclic) bond motifs is 1. The molecule has 1 heterocycles. The second-order valence-electron chi connectivity index (χ2n) is 4.90. The Morgan fingerprint density at radius 1 is 1.50 bits per heavy atom. The number of aryl methyl sites for hydroxylation is 1. The Hall–Kier alpha value is -1.65. The van der Waals surface area contributed by atoms with E-state index in [1.807, 2.05) is 39.1 Å². The third kappa shape index (κ3) is 2.92. The fraction of sp³-hybridized carbons (Fsp3) is 0.333. The Bertz CT molecular complexity index is 642. The van der Waals surface area contributed by atoms with E-state index in [1.54, 1.807) is 6.20 Å². The number of anilines is 1. The van der Waals surface area contributed by atoms with Crippen LogP contribution >= 0.6 is 11.6 Å². The van der Waals surface area contributed by atoms with Gasteiger partial charge in [0.25, 0.3) is 0 Å². The lowest BCUT2D eigenvalue weighted by atomic mass is 10.1. The number of aromatic nitrogens is 1. The molecule has 0 fully saturated rings. The molecule has 2 aromatic rings. The number of carbonyl (C=O) groups excluding carboxylic acids is 1. The third-order valence-electron chi connectivity index (χ3n) is 3.24. The zero-order valence-electron chi connectivity index (χ0n) is 11.8. The van der Waals surface area contributed by atoms with Crippen molar-refractivity contribution in [3.05, 3.63) is 35.0 Å². The number of amides is 1. The molecule has 1 atom stereocenters. The number of halogens is 1. The molecule has 2 N–H and O–H groups in total. The van der Waals surface area contributed by atoms with E-state index >= 15 is 0 Å². The average molecular weight is 292 g/mol. The largest absolute Gasteiger partial charge is 0.324 e. The van der Waals surface area contributed by atoms with Gasteiger partial charge < -0.3 is 10.6 Å². The minimum atomic E-state index is -0.135. The minimum absolute atomic E-state index is 0.0599. The topological polar surface area (TPSA) is 54.0 Å². The fourth-order valence-corrected chi connectivity index (χ4v) is 2.47. The molecule has 1 unspecified atom stereocenters. The highest BCUT2D eigenvalue weighted by molar-refractivity contribution is 6.35. The van der Waals surface area contributed by atoms with Gasteiger partial charge in [-0.05, 0) is 37.7 Å². The summed E-state index contributed by atoms with van der Waals surface area (Å²) in [6.45, 7) is 4.44. The molecular formula is C15H18ClN3O. The Balaban J connectivity index is 2.42. The molecule has 0 radical (unpaired) electrons. The number of hydrogen-bond donors (Lipinski definition) is 2. The first kappa shape index (κ1) is 14.8. The molecule has 0 aliphatic heterocycles. The number of nitrogens with zero attached hydrogens (tertiary/aromatic N) is 1. The summed E-state index contributed by atoms with van der Waals surface area (Å²) in [7, 11) is 1.82. The molecule has 0 spiro atoms. The van der Waals surface area contributed by atoms with Crippen LogP contribution in [0.15, 0.2) is 24.4 Å². The SMILES string of the molecule is CNCC(C)C(=O)Nc1c(Cl)cc(C)c2ncccc12. The number of hydrogen-bond acceptors (Lipinski definition) is 3. The Morgan fingerprint density at radius 3 is 2.95 bits per heavy atom. The number of rotatable bonds is 4. The zero-order chi connectivity index (χ0) is 14.7. The van der Waals surface area contributed by atoms with E-state index in [0.29, 0.717) is 17.3 Å². The summed E-state index contributed by atoms with van der Waals surface area (Å²) in [5, 5.41) is 7.30. The van der Waals surface area contributed by atoms with Gasteiger partial charge in [0.2, 0.25) is 5.91 Å². The van der Waals surface area contributed by atoms with E-state index in [1.165, 1.54) is 0 Å². The van der Waals surface area contributed by atoms with Crippen LogP contribution < -0.4 is 10.6 Å². The Labute approximate surface area is 123 Å². The average Bonchev–Trinajstić information content (AvgIpc) is 2.43. The van der Waals surface area contributed by atoms with E-state index < -0.39 is 0 Å². The number of nitrogens with one attached hydrogen (secondary N) is 2. The van der Waals surface area contributed by atoms with Crippen molar-refractivity contribution >= 4 is 34.1 Å². The molecule has 2 rings (SSSR count). The maximum atomic E-state index is 12.2. The minimum Gasteiger partial charge on any atom is -0.324 e. The van der Waals surface area contributed by atoms with Crippen LogP contribution in [-0.4, -0.2) is 24.5 Å². The second-order valence-corrected chi connectivity index (χ2v) is 5.31.